The van der Waals surface area contributed by atoms with E-state index in [-0.39, 0.29) is 28.3 Å². The van der Waals surface area contributed by atoms with E-state index in [0.29, 0.717) is 39.8 Å². The molecule has 1 unspecified atom stereocenters. The lowest BCUT2D eigenvalue weighted by Gasteiger charge is -2.44. The predicted molar refractivity (Wildman–Crippen MR) is 140 cm³/mol. The number of allylic oxidation sites excluding steroid dienone is 2. The van der Waals surface area contributed by atoms with Crippen molar-refractivity contribution < 1.29 is 4.79 Å². The van der Waals surface area contributed by atoms with Crippen LogP contribution in [-0.4, -0.2) is 10.8 Å². The van der Waals surface area contributed by atoms with Crippen LogP contribution in [0.25, 0.3) is 0 Å². The molecular formula is C27H23Cl2N5O. The van der Waals surface area contributed by atoms with Gasteiger partial charge in [-0.2, -0.15) is 5.26 Å². The lowest BCUT2D eigenvalue weighted by molar-refractivity contribution is -0.118. The number of nitriles is 1. The number of Topliss-reactive ketones (excluding diaryl/α,β-unsaturated/α-hetero) is 1. The number of carbonyl (C=O) groups is 1. The number of nitrogens with two attached hydrogens (primary N) is 2. The number of benzene rings is 2. The van der Waals surface area contributed by atoms with Gasteiger partial charge in [0.1, 0.15) is 23.3 Å². The van der Waals surface area contributed by atoms with Crippen LogP contribution >= 0.6 is 23.2 Å². The molecular weight excluding hydrogens is 481 g/mol. The van der Waals surface area contributed by atoms with E-state index in [1.165, 1.54) is 0 Å². The molecule has 1 aromatic heterocycles. The monoisotopic (exact) mass is 503 g/mol. The van der Waals surface area contributed by atoms with Gasteiger partial charge < -0.3 is 11.5 Å². The molecule has 4 N–H and O–H groups in total. The molecule has 0 saturated heterocycles. The number of fused-ring (bicyclic) bond motifs is 1. The molecule has 2 aromatic carbocycles. The van der Waals surface area contributed by atoms with Crippen molar-refractivity contribution in [3.8, 4) is 6.07 Å². The normalized spacial score (nSPS) is 18.7. The van der Waals surface area contributed by atoms with Gasteiger partial charge in [-0.25, -0.2) is 4.98 Å². The zero-order chi connectivity index (χ0) is 25.1. The first kappa shape index (κ1) is 23.2. The van der Waals surface area contributed by atoms with Gasteiger partial charge in [0.15, 0.2) is 5.78 Å². The Hall–Kier alpha value is -3.53. The highest BCUT2D eigenvalue weighted by Crippen LogP contribution is 2.55. The zero-order valence-electron chi connectivity index (χ0n) is 19.3. The van der Waals surface area contributed by atoms with E-state index >= 15 is 0 Å². The topological polar surface area (TPSA) is 109 Å². The molecule has 0 fully saturated rings. The van der Waals surface area contributed by atoms with Crippen molar-refractivity contribution in [2.24, 2.45) is 5.41 Å². The fourth-order valence-corrected chi connectivity index (χ4v) is 5.41. The Morgan fingerprint density at radius 2 is 1.63 bits per heavy atom. The summed E-state index contributed by atoms with van der Waals surface area (Å²) in [6.07, 6.45) is 1.04. The Morgan fingerprint density at radius 1 is 1.03 bits per heavy atom. The molecule has 0 amide bonds. The average molecular weight is 504 g/mol. The van der Waals surface area contributed by atoms with Crippen LogP contribution in [-0.2, 0) is 4.79 Å². The largest absolute Gasteiger partial charge is 0.397 e. The second-order valence-electron chi connectivity index (χ2n) is 9.73. The number of pyridine rings is 1. The van der Waals surface area contributed by atoms with Gasteiger partial charge in [-0.3, -0.25) is 9.69 Å². The summed E-state index contributed by atoms with van der Waals surface area (Å²) in [5.41, 5.74) is 16.6. The number of hydrogen-bond donors (Lipinski definition) is 2. The minimum atomic E-state index is -0.510. The van der Waals surface area contributed by atoms with Crippen LogP contribution in [0.1, 0.15) is 49.3 Å². The van der Waals surface area contributed by atoms with E-state index in [4.69, 9.17) is 34.7 Å². The van der Waals surface area contributed by atoms with Gasteiger partial charge >= 0.3 is 0 Å². The van der Waals surface area contributed by atoms with Crippen LogP contribution in [0.4, 0.5) is 23.0 Å². The summed E-state index contributed by atoms with van der Waals surface area (Å²) in [6, 6.07) is 16.7. The highest BCUT2D eigenvalue weighted by Gasteiger charge is 2.45. The van der Waals surface area contributed by atoms with Crippen molar-refractivity contribution in [2.45, 2.75) is 32.6 Å². The fourth-order valence-electron chi connectivity index (χ4n) is 5.15. The molecule has 176 valence electrons. The van der Waals surface area contributed by atoms with Crippen molar-refractivity contribution in [2.75, 3.05) is 16.4 Å². The predicted octanol–water partition coefficient (Wildman–Crippen LogP) is 6.35. The maximum absolute atomic E-state index is 13.8. The number of aromatic nitrogens is 1. The quantitative estimate of drug-likeness (QED) is 0.421. The van der Waals surface area contributed by atoms with Crippen LogP contribution < -0.4 is 16.4 Å². The fraction of sp³-hybridized carbons (Fsp3) is 0.222. The molecule has 2 aliphatic rings. The second-order valence-corrected chi connectivity index (χ2v) is 10.6. The molecule has 0 radical (unpaired) electrons. The summed E-state index contributed by atoms with van der Waals surface area (Å²) in [7, 11) is 0. The molecule has 35 heavy (non-hydrogen) atoms. The van der Waals surface area contributed by atoms with Gasteiger partial charge in [-0.15, -0.1) is 0 Å². The molecule has 1 aliphatic carbocycles. The van der Waals surface area contributed by atoms with E-state index in [9.17, 15) is 10.1 Å². The zero-order valence-corrected chi connectivity index (χ0v) is 20.8. The van der Waals surface area contributed by atoms with E-state index in [1.807, 2.05) is 29.2 Å². The van der Waals surface area contributed by atoms with Gasteiger partial charge in [-0.1, -0.05) is 49.2 Å². The molecule has 8 heteroatoms. The molecule has 5 rings (SSSR count). The number of nitrogens with zero attached hydrogens (tertiary/aromatic N) is 3. The number of hydrogen-bond acceptors (Lipinski definition) is 6. The Labute approximate surface area is 213 Å². The first-order valence-electron chi connectivity index (χ1n) is 11.2. The lowest BCUT2D eigenvalue weighted by atomic mass is 9.68. The minimum Gasteiger partial charge on any atom is -0.397 e. The minimum absolute atomic E-state index is 0.0375. The standard InChI is InChI=1S/C27H23Cl2N5O/c1-27(2)11-19-22(20(35)12-27)21(14-3-5-15(28)6-4-14)23-24(31)18(13-30)25(32)33-26(23)34(19)17-9-7-16(29)8-10-17/h3-10,21H,11-12H2,1-2H3,(H4,31,32,33). The second kappa shape index (κ2) is 8.30. The number of rotatable bonds is 2. The van der Waals surface area contributed by atoms with Crippen LogP contribution in [0, 0.1) is 16.7 Å². The van der Waals surface area contributed by atoms with Crippen molar-refractivity contribution in [1.82, 2.24) is 4.98 Å². The van der Waals surface area contributed by atoms with E-state index in [2.05, 4.69) is 24.9 Å². The summed E-state index contributed by atoms with van der Waals surface area (Å²) in [6.45, 7) is 4.16. The lowest BCUT2D eigenvalue weighted by Crippen LogP contribution is -2.38. The maximum Gasteiger partial charge on any atom is 0.162 e. The maximum atomic E-state index is 13.8. The van der Waals surface area contributed by atoms with Gasteiger partial charge in [0.25, 0.3) is 0 Å². The van der Waals surface area contributed by atoms with Crippen molar-refractivity contribution in [3.63, 3.8) is 0 Å². The van der Waals surface area contributed by atoms with Crippen LogP contribution in [0.3, 0.4) is 0 Å². The van der Waals surface area contributed by atoms with Crippen LogP contribution in [0.2, 0.25) is 10.0 Å². The van der Waals surface area contributed by atoms with Gasteiger partial charge in [0, 0.05) is 44.9 Å². The highest BCUT2D eigenvalue weighted by molar-refractivity contribution is 6.30. The Balaban J connectivity index is 1.90. The van der Waals surface area contributed by atoms with Crippen LogP contribution in [0.5, 0.6) is 0 Å². The van der Waals surface area contributed by atoms with Crippen molar-refractivity contribution in [3.05, 3.63) is 86.5 Å². The van der Waals surface area contributed by atoms with Gasteiger partial charge in [0.2, 0.25) is 0 Å². The highest BCUT2D eigenvalue weighted by atomic mass is 35.5. The first-order valence-corrected chi connectivity index (χ1v) is 11.9. The molecule has 1 atom stereocenters. The molecule has 0 saturated carbocycles. The number of carbonyl (C=O) groups excluding carboxylic acids is 1. The smallest absolute Gasteiger partial charge is 0.162 e. The van der Waals surface area contributed by atoms with Gasteiger partial charge in [0.05, 0.1) is 5.69 Å². The summed E-state index contributed by atoms with van der Waals surface area (Å²) in [5, 5.41) is 11.0. The third-order valence-corrected chi connectivity index (χ3v) is 7.14. The molecule has 6 nitrogen and oxygen atoms in total. The SMILES string of the molecule is CC1(C)CC(=O)C2=C(C1)N(c1ccc(Cl)cc1)c1nc(N)c(C#N)c(N)c1C2c1ccc(Cl)cc1. The van der Waals surface area contributed by atoms with Crippen LogP contribution in [0.15, 0.2) is 59.8 Å². The van der Waals surface area contributed by atoms with E-state index in [0.717, 1.165) is 16.9 Å². The third-order valence-electron chi connectivity index (χ3n) is 6.64. The van der Waals surface area contributed by atoms with E-state index < -0.39 is 5.92 Å². The molecule has 2 heterocycles. The first-order chi connectivity index (χ1) is 16.6. The summed E-state index contributed by atoms with van der Waals surface area (Å²) in [4.78, 5) is 20.4. The van der Waals surface area contributed by atoms with Crippen molar-refractivity contribution >= 4 is 52.0 Å². The van der Waals surface area contributed by atoms with Gasteiger partial charge in [-0.05, 0) is 53.8 Å². The number of ketones is 1. The Kier molecular flexibility index (Phi) is 5.51. The summed E-state index contributed by atoms with van der Waals surface area (Å²) in [5.74, 6) is 0.0775. The molecule has 0 spiro atoms. The average Bonchev–Trinajstić information content (AvgIpc) is 2.79. The summed E-state index contributed by atoms with van der Waals surface area (Å²) >= 11 is 12.4. The number of anilines is 4. The Morgan fingerprint density at radius 3 is 2.23 bits per heavy atom. The summed E-state index contributed by atoms with van der Waals surface area (Å²) < 4.78 is 0. The third kappa shape index (κ3) is 3.81. The Bertz CT molecular complexity index is 1440. The number of nitrogen functional groups attached to an aromatic ring is 2. The molecule has 1 aliphatic heterocycles. The van der Waals surface area contributed by atoms with E-state index in [1.54, 1.807) is 24.3 Å². The van der Waals surface area contributed by atoms with Crippen molar-refractivity contribution in [1.29, 1.82) is 5.26 Å². The molecule has 0 bridgehead atoms. The number of halogens is 2. The molecule has 3 aromatic rings.